The number of aromatic nitrogens is 3. The third-order valence-corrected chi connectivity index (χ3v) is 4.94. The van der Waals surface area contributed by atoms with Gasteiger partial charge in [-0.25, -0.2) is 15.0 Å². The van der Waals surface area contributed by atoms with E-state index in [1.54, 1.807) is 13.4 Å². The zero-order valence-electron chi connectivity index (χ0n) is 14.1. The van der Waals surface area contributed by atoms with Crippen LogP contribution in [-0.4, -0.2) is 53.1 Å². The molecule has 2 aromatic heterocycles. The fraction of sp³-hybridized carbons (Fsp3) is 0.500. The second-order valence-electron chi connectivity index (χ2n) is 6.45. The maximum absolute atomic E-state index is 5.12. The average Bonchev–Trinajstić information content (AvgIpc) is 3.12. The summed E-state index contributed by atoms with van der Waals surface area (Å²) < 4.78 is 5.12. The van der Waals surface area contributed by atoms with Crippen LogP contribution in [0.2, 0.25) is 0 Å². The molecule has 0 aromatic carbocycles. The van der Waals surface area contributed by atoms with Gasteiger partial charge in [-0.05, 0) is 24.8 Å². The predicted octanol–water partition coefficient (Wildman–Crippen LogP) is 1.69. The predicted molar refractivity (Wildman–Crippen MR) is 92.3 cm³/mol. The molecule has 0 radical (unpaired) electrons. The summed E-state index contributed by atoms with van der Waals surface area (Å²) >= 11 is 0. The van der Waals surface area contributed by atoms with Gasteiger partial charge in [0.1, 0.15) is 12.1 Å². The van der Waals surface area contributed by atoms with Gasteiger partial charge in [-0.3, -0.25) is 4.90 Å². The van der Waals surface area contributed by atoms with Gasteiger partial charge in [-0.2, -0.15) is 0 Å². The molecular weight excluding hydrogens is 302 g/mol. The molecule has 6 heteroatoms. The molecule has 0 bridgehead atoms. The maximum Gasteiger partial charge on any atom is 0.212 e. The highest BCUT2D eigenvalue weighted by Crippen LogP contribution is 2.28. The summed E-state index contributed by atoms with van der Waals surface area (Å²) in [6.45, 7) is 5.07. The lowest BCUT2D eigenvalue weighted by Crippen LogP contribution is -2.46. The number of pyridine rings is 1. The van der Waals surface area contributed by atoms with E-state index in [1.807, 2.05) is 12.3 Å². The second-order valence-corrected chi connectivity index (χ2v) is 6.45. The highest BCUT2D eigenvalue weighted by Gasteiger charge is 2.24. The number of nitrogens with zero attached hydrogens (tertiary/aromatic N) is 5. The monoisotopic (exact) mass is 325 g/mol. The molecule has 0 saturated carbocycles. The highest BCUT2D eigenvalue weighted by molar-refractivity contribution is 5.50. The molecule has 24 heavy (non-hydrogen) atoms. The van der Waals surface area contributed by atoms with Crippen LogP contribution in [0.15, 0.2) is 24.7 Å². The summed E-state index contributed by atoms with van der Waals surface area (Å²) in [4.78, 5) is 18.2. The molecule has 0 N–H and O–H groups in total. The lowest BCUT2D eigenvalue weighted by atomic mass is 10.2. The molecule has 1 aliphatic carbocycles. The Labute approximate surface area is 142 Å². The van der Waals surface area contributed by atoms with E-state index in [9.17, 15) is 0 Å². The zero-order chi connectivity index (χ0) is 16.4. The average molecular weight is 325 g/mol. The van der Waals surface area contributed by atoms with Gasteiger partial charge in [0.25, 0.3) is 0 Å². The summed E-state index contributed by atoms with van der Waals surface area (Å²) in [5.74, 6) is 1.84. The Kier molecular flexibility index (Phi) is 4.30. The van der Waals surface area contributed by atoms with E-state index in [4.69, 9.17) is 4.74 Å². The van der Waals surface area contributed by atoms with E-state index < -0.39 is 0 Å². The molecule has 4 rings (SSSR count). The van der Waals surface area contributed by atoms with Crippen molar-refractivity contribution >= 4 is 5.82 Å². The van der Waals surface area contributed by atoms with Crippen molar-refractivity contribution in [3.05, 3.63) is 41.5 Å². The Balaban J connectivity index is 1.37. The number of aryl methyl sites for hydroxylation is 1. The van der Waals surface area contributed by atoms with Gasteiger partial charge in [0, 0.05) is 56.2 Å². The molecule has 0 unspecified atom stereocenters. The smallest absolute Gasteiger partial charge is 0.212 e. The van der Waals surface area contributed by atoms with Crippen molar-refractivity contribution in [2.24, 2.45) is 0 Å². The van der Waals surface area contributed by atoms with E-state index >= 15 is 0 Å². The van der Waals surface area contributed by atoms with Gasteiger partial charge in [-0.15, -0.1) is 0 Å². The third kappa shape index (κ3) is 3.06. The van der Waals surface area contributed by atoms with Crippen LogP contribution in [0.5, 0.6) is 5.88 Å². The van der Waals surface area contributed by atoms with Crippen LogP contribution in [0.4, 0.5) is 5.82 Å². The van der Waals surface area contributed by atoms with E-state index in [2.05, 4.69) is 30.8 Å². The van der Waals surface area contributed by atoms with Crippen molar-refractivity contribution in [1.29, 1.82) is 0 Å². The van der Waals surface area contributed by atoms with Gasteiger partial charge in [-0.1, -0.05) is 6.07 Å². The molecule has 2 aliphatic rings. The summed E-state index contributed by atoms with van der Waals surface area (Å²) in [6.07, 6.45) is 7.08. The number of ether oxygens (including phenoxy) is 1. The molecule has 1 saturated heterocycles. The standard InChI is InChI=1S/C18H23N5O/c1-24-17-6-5-14(11-19-17)12-22-7-9-23(10-8-22)18-15-3-2-4-16(15)20-13-21-18/h5-6,11,13H,2-4,7-10,12H2,1H3. The molecule has 3 heterocycles. The number of hydrogen-bond donors (Lipinski definition) is 0. The van der Waals surface area contributed by atoms with E-state index in [0.29, 0.717) is 5.88 Å². The Hall–Kier alpha value is -2.21. The van der Waals surface area contributed by atoms with Crippen molar-refractivity contribution in [2.45, 2.75) is 25.8 Å². The lowest BCUT2D eigenvalue weighted by Gasteiger charge is -2.36. The van der Waals surface area contributed by atoms with Crippen LogP contribution in [0.25, 0.3) is 0 Å². The first-order chi connectivity index (χ1) is 11.8. The van der Waals surface area contributed by atoms with Gasteiger partial charge >= 0.3 is 0 Å². The summed E-state index contributed by atoms with van der Waals surface area (Å²) in [6, 6.07) is 4.02. The fourth-order valence-corrected chi connectivity index (χ4v) is 3.62. The first-order valence-electron chi connectivity index (χ1n) is 8.62. The van der Waals surface area contributed by atoms with Crippen molar-refractivity contribution in [3.63, 3.8) is 0 Å². The Bertz CT molecular complexity index is 695. The summed E-state index contributed by atoms with van der Waals surface area (Å²) in [7, 11) is 1.64. The van der Waals surface area contributed by atoms with E-state index in [0.717, 1.165) is 45.6 Å². The summed E-state index contributed by atoms with van der Waals surface area (Å²) in [5.41, 5.74) is 3.87. The topological polar surface area (TPSA) is 54.4 Å². The van der Waals surface area contributed by atoms with Crippen LogP contribution in [0.3, 0.4) is 0 Å². The number of methoxy groups -OCH3 is 1. The maximum atomic E-state index is 5.12. The molecule has 1 fully saturated rings. The highest BCUT2D eigenvalue weighted by atomic mass is 16.5. The largest absolute Gasteiger partial charge is 0.481 e. The second kappa shape index (κ2) is 6.73. The van der Waals surface area contributed by atoms with Crippen molar-refractivity contribution in [3.8, 4) is 5.88 Å². The number of piperazine rings is 1. The van der Waals surface area contributed by atoms with E-state index in [1.165, 1.54) is 29.1 Å². The number of fused-ring (bicyclic) bond motifs is 1. The normalized spacial score (nSPS) is 17.8. The summed E-state index contributed by atoms with van der Waals surface area (Å²) in [5, 5.41) is 0. The first-order valence-corrected chi connectivity index (χ1v) is 8.62. The number of hydrogen-bond acceptors (Lipinski definition) is 6. The minimum Gasteiger partial charge on any atom is -0.481 e. The van der Waals surface area contributed by atoms with Gasteiger partial charge < -0.3 is 9.64 Å². The quantitative estimate of drug-likeness (QED) is 0.853. The molecule has 0 atom stereocenters. The Morgan fingerprint density at radius 3 is 2.67 bits per heavy atom. The molecule has 2 aromatic rings. The van der Waals surface area contributed by atoms with Gasteiger partial charge in [0.15, 0.2) is 0 Å². The first kappa shape index (κ1) is 15.3. The van der Waals surface area contributed by atoms with Crippen molar-refractivity contribution < 1.29 is 4.74 Å². The fourth-order valence-electron chi connectivity index (χ4n) is 3.62. The van der Waals surface area contributed by atoms with Crippen molar-refractivity contribution in [1.82, 2.24) is 19.9 Å². The lowest BCUT2D eigenvalue weighted by molar-refractivity contribution is 0.248. The molecule has 6 nitrogen and oxygen atoms in total. The molecule has 0 amide bonds. The minimum atomic E-state index is 0.668. The Morgan fingerprint density at radius 1 is 1.04 bits per heavy atom. The van der Waals surface area contributed by atoms with Crippen molar-refractivity contribution in [2.75, 3.05) is 38.2 Å². The van der Waals surface area contributed by atoms with Crippen LogP contribution >= 0.6 is 0 Å². The molecular formula is C18H23N5O. The van der Waals surface area contributed by atoms with Crippen LogP contribution in [0, 0.1) is 0 Å². The van der Waals surface area contributed by atoms with Gasteiger partial charge in [0.2, 0.25) is 5.88 Å². The van der Waals surface area contributed by atoms with E-state index in [-0.39, 0.29) is 0 Å². The van der Waals surface area contributed by atoms with Crippen LogP contribution in [-0.2, 0) is 19.4 Å². The molecule has 126 valence electrons. The SMILES string of the molecule is COc1ccc(CN2CCN(c3ncnc4c3CCC4)CC2)cn1. The van der Waals surface area contributed by atoms with Gasteiger partial charge in [0.05, 0.1) is 7.11 Å². The van der Waals surface area contributed by atoms with Crippen LogP contribution in [0.1, 0.15) is 23.2 Å². The molecule has 0 spiro atoms. The minimum absolute atomic E-state index is 0.668. The molecule has 1 aliphatic heterocycles. The van der Waals surface area contributed by atoms with Crippen LogP contribution < -0.4 is 9.64 Å². The number of anilines is 1. The Morgan fingerprint density at radius 2 is 1.92 bits per heavy atom. The zero-order valence-corrected chi connectivity index (χ0v) is 14.1. The number of rotatable bonds is 4. The third-order valence-electron chi connectivity index (χ3n) is 4.94.